The van der Waals surface area contributed by atoms with E-state index in [9.17, 15) is 26.7 Å². The fraction of sp³-hybridized carbons (Fsp3) is 0.500. The molecular formula is C24H34N4O8S3. The molecule has 0 bridgehead atoms. The van der Waals surface area contributed by atoms with Crippen LogP contribution in [-0.4, -0.2) is 57.7 Å². The van der Waals surface area contributed by atoms with Crippen molar-refractivity contribution in [2.24, 2.45) is 9.81 Å². The summed E-state index contributed by atoms with van der Waals surface area (Å²) in [4.78, 5) is 12.5. The average Bonchev–Trinajstić information content (AvgIpc) is 3.51. The van der Waals surface area contributed by atoms with Crippen LogP contribution in [0.1, 0.15) is 58.2 Å². The molecule has 2 aromatic heterocycles. The largest absolute Gasteiger partial charge is 0.504 e. The fourth-order valence-corrected chi connectivity index (χ4v) is 8.27. The summed E-state index contributed by atoms with van der Waals surface area (Å²) < 4.78 is 67.7. The Morgan fingerprint density at radius 1 is 1.26 bits per heavy atom. The molecule has 0 amide bonds. The maximum atomic E-state index is 13.1. The van der Waals surface area contributed by atoms with Crippen molar-refractivity contribution in [2.75, 3.05) is 25.0 Å². The second-order valence-electron chi connectivity index (χ2n) is 9.68. The summed E-state index contributed by atoms with van der Waals surface area (Å²) in [5, 5.41) is 16.8. The molecule has 15 heteroatoms. The van der Waals surface area contributed by atoms with E-state index in [1.165, 1.54) is 10.6 Å². The number of carbonyl (C=O) groups excluding carboxylic acids is 1. The first-order chi connectivity index (χ1) is 18.1. The number of hydrogen-bond acceptors (Lipinski definition) is 11. The van der Waals surface area contributed by atoms with Gasteiger partial charge in [0.2, 0.25) is 4.91 Å². The van der Waals surface area contributed by atoms with Crippen molar-refractivity contribution in [2.45, 2.75) is 58.7 Å². The Bertz CT molecular complexity index is 1490. The predicted octanol–water partition coefficient (Wildman–Crippen LogP) is 3.69. The maximum absolute atomic E-state index is 13.1. The molecule has 0 aliphatic carbocycles. The topological polar surface area (TPSA) is 168 Å². The lowest BCUT2D eigenvalue weighted by Crippen LogP contribution is -2.36. The minimum absolute atomic E-state index is 0.0469. The van der Waals surface area contributed by atoms with Crippen molar-refractivity contribution in [1.82, 2.24) is 9.62 Å². The molecule has 1 aliphatic heterocycles. The highest BCUT2D eigenvalue weighted by molar-refractivity contribution is 7.95. The van der Waals surface area contributed by atoms with E-state index in [4.69, 9.17) is 9.15 Å². The number of anilines is 1. The molecule has 0 spiro atoms. The van der Waals surface area contributed by atoms with E-state index in [1.807, 2.05) is 20.8 Å². The van der Waals surface area contributed by atoms with Crippen LogP contribution in [0.2, 0.25) is 0 Å². The van der Waals surface area contributed by atoms with E-state index in [2.05, 4.69) is 15.0 Å². The molecule has 12 nitrogen and oxygen atoms in total. The summed E-state index contributed by atoms with van der Waals surface area (Å²) in [6.45, 7) is 12.5. The van der Waals surface area contributed by atoms with Crippen LogP contribution in [0.4, 0.5) is 5.69 Å². The first-order valence-corrected chi connectivity index (χ1v) is 16.0. The highest BCUT2D eigenvalue weighted by Gasteiger charge is 2.42. The number of furan rings is 1. The van der Waals surface area contributed by atoms with Crippen LogP contribution in [0.15, 0.2) is 42.0 Å². The number of rotatable bonds is 10. The van der Waals surface area contributed by atoms with Gasteiger partial charge in [0.05, 0.1) is 24.6 Å². The molecule has 1 atom stereocenters. The number of amidine groups is 1. The number of ether oxygens (including phenoxy) is 1. The molecular weight excluding hydrogens is 568 g/mol. The number of aromatic hydroxyl groups is 1. The zero-order valence-corrected chi connectivity index (χ0v) is 25.3. The van der Waals surface area contributed by atoms with E-state index in [0.29, 0.717) is 10.6 Å². The summed E-state index contributed by atoms with van der Waals surface area (Å²) in [5.41, 5.74) is -0.773. The molecule has 3 heterocycles. The molecule has 3 N–H and O–H groups in total. The van der Waals surface area contributed by atoms with Gasteiger partial charge in [0, 0.05) is 18.0 Å². The van der Waals surface area contributed by atoms with E-state index in [0.717, 1.165) is 11.3 Å². The summed E-state index contributed by atoms with van der Waals surface area (Å²) in [6.07, 6.45) is 1.47. The fourth-order valence-electron chi connectivity index (χ4n) is 4.01. The zero-order chi connectivity index (χ0) is 29.3. The summed E-state index contributed by atoms with van der Waals surface area (Å²) in [7, 11) is -8.54. The van der Waals surface area contributed by atoms with Gasteiger partial charge in [-0.2, -0.15) is 12.7 Å². The molecule has 0 unspecified atom stereocenters. The van der Waals surface area contributed by atoms with E-state index < -0.39 is 48.1 Å². The van der Waals surface area contributed by atoms with Gasteiger partial charge in [0.15, 0.2) is 15.8 Å². The van der Waals surface area contributed by atoms with Crippen molar-refractivity contribution in [3.05, 3.63) is 39.6 Å². The molecule has 0 radical (unpaired) electrons. The number of esters is 1. The summed E-state index contributed by atoms with van der Waals surface area (Å²) in [6, 6.07) is 2.77. The number of hydrogen-bond donors (Lipinski definition) is 3. The third-order valence-electron chi connectivity index (χ3n) is 5.93. The molecule has 216 valence electrons. The Morgan fingerprint density at radius 3 is 2.41 bits per heavy atom. The lowest BCUT2D eigenvalue weighted by Gasteiger charge is -2.31. The van der Waals surface area contributed by atoms with Gasteiger partial charge in [0.1, 0.15) is 11.5 Å². The Hall–Kier alpha value is -2.88. The monoisotopic (exact) mass is 602 g/mol. The Kier molecular flexibility index (Phi) is 8.89. The lowest BCUT2D eigenvalue weighted by atomic mass is 9.85. The van der Waals surface area contributed by atoms with E-state index in [-0.39, 0.29) is 41.1 Å². The average molecular weight is 603 g/mol. The Balaban J connectivity index is 2.16. The molecule has 2 aromatic rings. The van der Waals surface area contributed by atoms with Gasteiger partial charge >= 0.3 is 5.97 Å². The summed E-state index contributed by atoms with van der Waals surface area (Å²) in [5.74, 6) is -1.51. The van der Waals surface area contributed by atoms with Crippen molar-refractivity contribution in [1.29, 1.82) is 0 Å². The number of carbonyl (C=O) groups is 1. The number of aryl methyl sites for hydroxylation is 1. The van der Waals surface area contributed by atoms with Crippen LogP contribution in [0.5, 0.6) is 5.75 Å². The molecule has 0 aromatic carbocycles. The van der Waals surface area contributed by atoms with Gasteiger partial charge < -0.3 is 24.9 Å². The third-order valence-corrected chi connectivity index (χ3v) is 10.9. The first kappa shape index (κ1) is 30.7. The number of nitrogens with one attached hydrogen (secondary N) is 2. The third kappa shape index (κ3) is 6.00. The second kappa shape index (κ2) is 11.3. The lowest BCUT2D eigenvalue weighted by molar-refractivity contribution is -0.137. The zero-order valence-electron chi connectivity index (χ0n) is 22.9. The van der Waals surface area contributed by atoms with Gasteiger partial charge in [-0.25, -0.2) is 13.2 Å². The van der Waals surface area contributed by atoms with Gasteiger partial charge in [-0.3, -0.25) is 0 Å². The summed E-state index contributed by atoms with van der Waals surface area (Å²) >= 11 is 0.833. The number of sulfonamides is 2. The number of nitrogens with zero attached hydrogens (tertiary/aromatic N) is 2. The van der Waals surface area contributed by atoms with Crippen molar-refractivity contribution in [3.63, 3.8) is 0 Å². The van der Waals surface area contributed by atoms with Gasteiger partial charge in [-0.05, 0) is 31.4 Å². The SMILES string of the molecule is CCOC(=O)C1=C(N[C@@H](c2ccco2)C(C)(C)C)C(Nc2c(C)sc(S(=O)(=O)N(CC)CC)c2O)=NS1(=O)=O. The van der Waals surface area contributed by atoms with Crippen LogP contribution in [0.3, 0.4) is 0 Å². The minimum Gasteiger partial charge on any atom is -0.504 e. The van der Waals surface area contributed by atoms with E-state index >= 15 is 0 Å². The maximum Gasteiger partial charge on any atom is 0.354 e. The number of thiophene rings is 1. The molecule has 0 saturated carbocycles. The normalized spacial score (nSPS) is 16.4. The Labute approximate surface area is 232 Å². The Morgan fingerprint density at radius 2 is 1.90 bits per heavy atom. The second-order valence-corrected chi connectivity index (χ2v) is 14.6. The molecule has 3 rings (SSSR count). The van der Waals surface area contributed by atoms with Crippen molar-refractivity contribution >= 4 is 48.9 Å². The van der Waals surface area contributed by atoms with Gasteiger partial charge in [-0.15, -0.1) is 15.7 Å². The highest BCUT2D eigenvalue weighted by atomic mass is 32.2. The molecule has 1 aliphatic rings. The van der Waals surface area contributed by atoms with Gasteiger partial charge in [-0.1, -0.05) is 34.6 Å². The highest BCUT2D eigenvalue weighted by Crippen LogP contribution is 2.44. The first-order valence-electron chi connectivity index (χ1n) is 12.3. The van der Waals surface area contributed by atoms with Crippen molar-refractivity contribution in [3.8, 4) is 5.75 Å². The van der Waals surface area contributed by atoms with E-state index in [1.54, 1.807) is 39.8 Å². The smallest absolute Gasteiger partial charge is 0.354 e. The standard InChI is InChI=1S/C24H34N4O8S3/c1-8-28(9-2)39(33,34)23-18(29)16(14(4)37-23)26-21-17(19(22(30)35-10-3)38(31,32)27-21)25-20(24(5,6)7)15-12-11-13-36-15/h11-13,20,25,29H,8-10H2,1-7H3,(H,26,27)/t20-/m0/s1. The van der Waals surface area contributed by atoms with Crippen LogP contribution in [0, 0.1) is 12.3 Å². The van der Waals surface area contributed by atoms with Crippen LogP contribution in [-0.2, 0) is 29.6 Å². The van der Waals surface area contributed by atoms with Crippen LogP contribution < -0.4 is 10.6 Å². The quantitative estimate of drug-likeness (QED) is 0.341. The molecule has 0 fully saturated rings. The predicted molar refractivity (Wildman–Crippen MR) is 149 cm³/mol. The molecule has 39 heavy (non-hydrogen) atoms. The van der Waals surface area contributed by atoms with Crippen molar-refractivity contribution < 1.29 is 35.9 Å². The van der Waals surface area contributed by atoms with Crippen LogP contribution in [0.25, 0.3) is 0 Å². The van der Waals surface area contributed by atoms with Gasteiger partial charge in [0.25, 0.3) is 20.0 Å². The minimum atomic E-state index is -4.52. The molecule has 0 saturated heterocycles. The van der Waals surface area contributed by atoms with Crippen LogP contribution >= 0.6 is 11.3 Å².